The van der Waals surface area contributed by atoms with Gasteiger partial charge in [-0.2, -0.15) is 11.8 Å². The zero-order valence-electron chi connectivity index (χ0n) is 13.0. The minimum absolute atomic E-state index is 0. The quantitative estimate of drug-likeness (QED) is 0.414. The molecule has 5 nitrogen and oxygen atoms in total. The summed E-state index contributed by atoms with van der Waals surface area (Å²) in [7, 11) is 1.79. The number of guanidine groups is 1. The van der Waals surface area contributed by atoms with Gasteiger partial charge in [0.2, 0.25) is 0 Å². The van der Waals surface area contributed by atoms with Crippen molar-refractivity contribution >= 4 is 58.9 Å². The molecule has 1 aliphatic heterocycles. The van der Waals surface area contributed by atoms with Crippen LogP contribution in [0.3, 0.4) is 0 Å². The fourth-order valence-corrected chi connectivity index (χ4v) is 3.88. The molecule has 0 aliphatic carbocycles. The van der Waals surface area contributed by atoms with Crippen LogP contribution in [0.25, 0.3) is 5.65 Å². The Hall–Kier alpha value is -0.670. The second kappa shape index (κ2) is 8.98. The number of fused-ring (bicyclic) bond motifs is 1. The number of rotatable bonds is 4. The van der Waals surface area contributed by atoms with Crippen LogP contribution in [0.1, 0.15) is 18.5 Å². The molecule has 1 saturated heterocycles. The van der Waals surface area contributed by atoms with Gasteiger partial charge in [0.1, 0.15) is 5.65 Å². The number of thioether (sulfide) groups is 1. The molecule has 1 aliphatic rings. The van der Waals surface area contributed by atoms with Gasteiger partial charge >= 0.3 is 0 Å². The van der Waals surface area contributed by atoms with Crippen LogP contribution < -0.4 is 10.6 Å². The molecule has 2 N–H and O–H groups in total. The highest BCUT2D eigenvalue weighted by molar-refractivity contribution is 14.0. The lowest BCUT2D eigenvalue weighted by Gasteiger charge is -2.14. The van der Waals surface area contributed by atoms with Crippen molar-refractivity contribution in [3.63, 3.8) is 0 Å². The highest BCUT2D eigenvalue weighted by atomic mass is 127. The van der Waals surface area contributed by atoms with Crippen LogP contribution in [0.2, 0.25) is 5.02 Å². The van der Waals surface area contributed by atoms with Crippen molar-refractivity contribution in [2.75, 3.05) is 19.3 Å². The fraction of sp³-hybridized carbons (Fsp3) is 0.467. The van der Waals surface area contributed by atoms with Gasteiger partial charge in [-0.25, -0.2) is 4.98 Å². The number of hydrogen-bond donors (Lipinski definition) is 2. The Morgan fingerprint density at radius 1 is 1.43 bits per heavy atom. The fourth-order valence-electron chi connectivity index (χ4n) is 2.51. The molecule has 1 fully saturated rings. The van der Waals surface area contributed by atoms with Gasteiger partial charge in [-0.3, -0.25) is 4.99 Å². The third-order valence-corrected chi connectivity index (χ3v) is 5.27. The highest BCUT2D eigenvalue weighted by Gasteiger charge is 2.15. The normalized spacial score (nSPS) is 18.0. The Morgan fingerprint density at radius 3 is 3.04 bits per heavy atom. The summed E-state index contributed by atoms with van der Waals surface area (Å²) < 4.78 is 1.94. The Bertz CT molecular complexity index is 669. The summed E-state index contributed by atoms with van der Waals surface area (Å²) in [5, 5.41) is 8.10. The zero-order chi connectivity index (χ0) is 15.4. The molecule has 0 saturated carbocycles. The molecule has 2 aromatic heterocycles. The van der Waals surface area contributed by atoms with E-state index in [-0.39, 0.29) is 24.0 Å². The van der Waals surface area contributed by atoms with Crippen LogP contribution in [0.5, 0.6) is 0 Å². The van der Waals surface area contributed by atoms with E-state index in [1.54, 1.807) is 7.05 Å². The van der Waals surface area contributed by atoms with Crippen molar-refractivity contribution in [2.24, 2.45) is 4.99 Å². The first-order valence-electron chi connectivity index (χ1n) is 7.44. The molecular formula is C15H21ClIN5S. The van der Waals surface area contributed by atoms with E-state index in [0.717, 1.165) is 23.8 Å². The highest BCUT2D eigenvalue weighted by Crippen LogP contribution is 2.25. The second-order valence-corrected chi connectivity index (χ2v) is 7.13. The van der Waals surface area contributed by atoms with Crippen molar-refractivity contribution in [3.8, 4) is 0 Å². The van der Waals surface area contributed by atoms with Gasteiger partial charge in [0.05, 0.1) is 17.3 Å². The van der Waals surface area contributed by atoms with Crippen LogP contribution in [0.15, 0.2) is 29.5 Å². The average molecular weight is 466 g/mol. The van der Waals surface area contributed by atoms with Gasteiger partial charge in [-0.05, 0) is 30.7 Å². The lowest BCUT2D eigenvalue weighted by atomic mass is 10.2. The van der Waals surface area contributed by atoms with Crippen molar-refractivity contribution < 1.29 is 0 Å². The number of halogens is 2. The molecule has 0 bridgehead atoms. The van der Waals surface area contributed by atoms with Gasteiger partial charge in [0.15, 0.2) is 5.96 Å². The summed E-state index contributed by atoms with van der Waals surface area (Å²) in [5.74, 6) is 2.10. The van der Waals surface area contributed by atoms with Crippen molar-refractivity contribution in [1.29, 1.82) is 0 Å². The summed E-state index contributed by atoms with van der Waals surface area (Å²) >= 11 is 8.03. The molecule has 3 heterocycles. The lowest BCUT2D eigenvalue weighted by molar-refractivity contribution is 0.724. The minimum Gasteiger partial charge on any atom is -0.355 e. The van der Waals surface area contributed by atoms with Gasteiger partial charge < -0.3 is 15.0 Å². The summed E-state index contributed by atoms with van der Waals surface area (Å²) in [6.07, 6.45) is 6.46. The molecule has 1 atom stereocenters. The number of nitrogens with one attached hydrogen (secondary N) is 2. The van der Waals surface area contributed by atoms with E-state index >= 15 is 0 Å². The number of aliphatic imine (C=N–C) groups is 1. The average Bonchev–Trinajstić information content (AvgIpc) is 3.16. The molecule has 0 amide bonds. The Kier molecular flexibility index (Phi) is 7.29. The maximum Gasteiger partial charge on any atom is 0.191 e. The van der Waals surface area contributed by atoms with E-state index in [2.05, 4.69) is 20.6 Å². The maximum absolute atomic E-state index is 5.99. The molecular weight excluding hydrogens is 445 g/mol. The molecule has 2 aromatic rings. The van der Waals surface area contributed by atoms with Gasteiger partial charge in [-0.1, -0.05) is 11.6 Å². The molecule has 0 radical (unpaired) electrons. The summed E-state index contributed by atoms with van der Waals surface area (Å²) in [6, 6.07) is 3.76. The van der Waals surface area contributed by atoms with Gasteiger partial charge in [-0.15, -0.1) is 24.0 Å². The van der Waals surface area contributed by atoms with Crippen molar-refractivity contribution in [1.82, 2.24) is 20.0 Å². The molecule has 126 valence electrons. The Labute approximate surface area is 162 Å². The Morgan fingerprint density at radius 2 is 2.30 bits per heavy atom. The first kappa shape index (κ1) is 18.7. The van der Waals surface area contributed by atoms with E-state index in [4.69, 9.17) is 11.6 Å². The van der Waals surface area contributed by atoms with Gasteiger partial charge in [0, 0.05) is 31.2 Å². The first-order valence-corrected chi connectivity index (χ1v) is 8.86. The van der Waals surface area contributed by atoms with E-state index in [0.29, 0.717) is 16.8 Å². The summed E-state index contributed by atoms with van der Waals surface area (Å²) in [5.41, 5.74) is 1.85. The molecule has 8 heteroatoms. The smallest absolute Gasteiger partial charge is 0.191 e. The standard InChI is InChI=1S/C15H20ClN5S.HI/c1-17-15(19-8-13-3-2-6-22-13)18-7-12-10-21-9-11(16)4-5-14(21)20-12;/h4-5,9-10,13H,2-3,6-8H2,1H3,(H2,17,18,19);1H. The predicted octanol–water partition coefficient (Wildman–Crippen LogP) is 3.17. The summed E-state index contributed by atoms with van der Waals surface area (Å²) in [6.45, 7) is 1.60. The van der Waals surface area contributed by atoms with Crippen LogP contribution in [-0.2, 0) is 6.54 Å². The maximum atomic E-state index is 5.99. The molecule has 0 spiro atoms. The first-order chi connectivity index (χ1) is 10.7. The van der Waals surface area contributed by atoms with E-state index in [1.165, 1.54) is 18.6 Å². The number of imidazole rings is 1. The topological polar surface area (TPSA) is 53.7 Å². The van der Waals surface area contributed by atoms with E-state index in [1.807, 2.05) is 40.7 Å². The predicted molar refractivity (Wildman–Crippen MR) is 109 cm³/mol. The lowest BCUT2D eigenvalue weighted by Crippen LogP contribution is -2.39. The third-order valence-electron chi connectivity index (χ3n) is 3.65. The summed E-state index contributed by atoms with van der Waals surface area (Å²) in [4.78, 5) is 8.81. The molecule has 3 rings (SSSR count). The minimum atomic E-state index is 0. The van der Waals surface area contributed by atoms with E-state index < -0.39 is 0 Å². The van der Waals surface area contributed by atoms with Crippen LogP contribution in [0, 0.1) is 0 Å². The van der Waals surface area contributed by atoms with Crippen LogP contribution >= 0.6 is 47.3 Å². The van der Waals surface area contributed by atoms with Gasteiger partial charge in [0.25, 0.3) is 0 Å². The largest absolute Gasteiger partial charge is 0.355 e. The zero-order valence-corrected chi connectivity index (χ0v) is 16.9. The number of nitrogens with zero attached hydrogens (tertiary/aromatic N) is 3. The monoisotopic (exact) mass is 465 g/mol. The number of hydrogen-bond acceptors (Lipinski definition) is 3. The van der Waals surface area contributed by atoms with Crippen LogP contribution in [0.4, 0.5) is 0 Å². The Balaban J connectivity index is 0.00000192. The second-order valence-electron chi connectivity index (χ2n) is 5.29. The third kappa shape index (κ3) is 5.15. The van der Waals surface area contributed by atoms with Crippen molar-refractivity contribution in [3.05, 3.63) is 35.2 Å². The van der Waals surface area contributed by atoms with Crippen LogP contribution in [-0.4, -0.2) is 39.9 Å². The molecule has 1 unspecified atom stereocenters. The van der Waals surface area contributed by atoms with E-state index in [9.17, 15) is 0 Å². The number of aromatic nitrogens is 2. The SMILES string of the molecule is CN=C(NCc1cn2cc(Cl)ccc2n1)NCC1CCCS1.I. The van der Waals surface area contributed by atoms with Crippen molar-refractivity contribution in [2.45, 2.75) is 24.6 Å². The number of pyridine rings is 1. The molecule has 0 aromatic carbocycles. The molecule has 23 heavy (non-hydrogen) atoms.